The van der Waals surface area contributed by atoms with Crippen LogP contribution in [0.25, 0.3) is 10.9 Å². The summed E-state index contributed by atoms with van der Waals surface area (Å²) in [5.41, 5.74) is 2.02. The first-order chi connectivity index (χ1) is 9.74. The van der Waals surface area contributed by atoms with Crippen LogP contribution in [0.15, 0.2) is 54.6 Å². The summed E-state index contributed by atoms with van der Waals surface area (Å²) in [6.07, 6.45) is -1.11. The van der Waals surface area contributed by atoms with Crippen LogP contribution < -0.4 is 5.32 Å². The third kappa shape index (κ3) is 2.33. The number of hydrogen-bond acceptors (Lipinski definition) is 2. The SMILES string of the molecule is O=C(O)Nc1nn(Cc2ccccc2)c2ccccc12. The molecule has 5 heteroatoms. The highest BCUT2D eigenvalue weighted by atomic mass is 16.4. The van der Waals surface area contributed by atoms with Gasteiger partial charge in [0.15, 0.2) is 5.82 Å². The minimum Gasteiger partial charge on any atom is -0.465 e. The summed E-state index contributed by atoms with van der Waals surface area (Å²) in [6, 6.07) is 17.5. The molecule has 3 aromatic rings. The van der Waals surface area contributed by atoms with E-state index in [1.54, 1.807) is 4.68 Å². The largest absolute Gasteiger partial charge is 0.465 e. The summed E-state index contributed by atoms with van der Waals surface area (Å²) < 4.78 is 1.80. The van der Waals surface area contributed by atoms with E-state index in [4.69, 9.17) is 5.11 Å². The van der Waals surface area contributed by atoms with Gasteiger partial charge in [-0.3, -0.25) is 10.00 Å². The van der Waals surface area contributed by atoms with E-state index in [9.17, 15) is 4.79 Å². The van der Waals surface area contributed by atoms with Gasteiger partial charge in [0.2, 0.25) is 0 Å². The molecule has 0 unspecified atom stereocenters. The van der Waals surface area contributed by atoms with Crippen molar-refractivity contribution in [2.75, 3.05) is 5.32 Å². The Morgan fingerprint density at radius 2 is 1.80 bits per heavy atom. The van der Waals surface area contributed by atoms with Gasteiger partial charge >= 0.3 is 6.09 Å². The normalized spacial score (nSPS) is 10.6. The van der Waals surface area contributed by atoms with Crippen LogP contribution in [0.4, 0.5) is 10.6 Å². The number of anilines is 1. The van der Waals surface area contributed by atoms with Crippen LogP contribution in [0.5, 0.6) is 0 Å². The quantitative estimate of drug-likeness (QED) is 0.766. The number of para-hydroxylation sites is 1. The highest BCUT2D eigenvalue weighted by Crippen LogP contribution is 2.23. The molecule has 3 rings (SSSR count). The first kappa shape index (κ1) is 12.2. The molecule has 20 heavy (non-hydrogen) atoms. The first-order valence-electron chi connectivity index (χ1n) is 6.23. The molecule has 0 aliphatic rings. The predicted molar refractivity (Wildman–Crippen MR) is 76.9 cm³/mol. The molecule has 0 bridgehead atoms. The lowest BCUT2D eigenvalue weighted by atomic mass is 10.2. The number of fused-ring (bicyclic) bond motifs is 1. The van der Waals surface area contributed by atoms with Crippen molar-refractivity contribution < 1.29 is 9.90 Å². The van der Waals surface area contributed by atoms with Crippen LogP contribution >= 0.6 is 0 Å². The molecular formula is C15H13N3O2. The van der Waals surface area contributed by atoms with Gasteiger partial charge < -0.3 is 5.11 Å². The van der Waals surface area contributed by atoms with Crippen molar-refractivity contribution in [2.45, 2.75) is 6.54 Å². The standard InChI is InChI=1S/C15H13N3O2/c19-15(20)16-14-12-8-4-5-9-13(12)18(17-14)10-11-6-2-1-3-7-11/h1-9H,10H2,(H,16,17)(H,19,20). The second-order valence-electron chi connectivity index (χ2n) is 4.44. The predicted octanol–water partition coefficient (Wildman–Crippen LogP) is 3.17. The van der Waals surface area contributed by atoms with E-state index >= 15 is 0 Å². The number of nitrogens with one attached hydrogen (secondary N) is 1. The van der Waals surface area contributed by atoms with Gasteiger partial charge in [-0.05, 0) is 17.7 Å². The molecule has 5 nitrogen and oxygen atoms in total. The molecule has 0 fully saturated rings. The molecule has 0 aliphatic heterocycles. The molecular weight excluding hydrogens is 254 g/mol. The van der Waals surface area contributed by atoms with Crippen molar-refractivity contribution >= 4 is 22.8 Å². The van der Waals surface area contributed by atoms with Crippen LogP contribution in [-0.4, -0.2) is 21.0 Å². The topological polar surface area (TPSA) is 67.2 Å². The Labute approximate surface area is 115 Å². The summed E-state index contributed by atoms with van der Waals surface area (Å²) in [6.45, 7) is 0.600. The maximum atomic E-state index is 10.8. The number of carbonyl (C=O) groups is 1. The van der Waals surface area contributed by atoms with Gasteiger partial charge in [0.05, 0.1) is 12.1 Å². The lowest BCUT2D eigenvalue weighted by molar-refractivity contribution is 0.209. The molecule has 0 atom stereocenters. The monoisotopic (exact) mass is 267 g/mol. The summed E-state index contributed by atoms with van der Waals surface area (Å²) in [4.78, 5) is 10.8. The second-order valence-corrected chi connectivity index (χ2v) is 4.44. The molecule has 1 heterocycles. The lowest BCUT2D eigenvalue weighted by Crippen LogP contribution is -2.09. The van der Waals surface area contributed by atoms with Gasteiger partial charge in [-0.1, -0.05) is 42.5 Å². The minimum atomic E-state index is -1.11. The van der Waals surface area contributed by atoms with E-state index in [1.807, 2.05) is 54.6 Å². The number of hydrogen-bond donors (Lipinski definition) is 2. The maximum Gasteiger partial charge on any atom is 0.410 e. The fourth-order valence-electron chi connectivity index (χ4n) is 2.20. The third-order valence-corrected chi connectivity index (χ3v) is 3.06. The highest BCUT2D eigenvalue weighted by molar-refractivity contribution is 5.96. The van der Waals surface area contributed by atoms with Crippen molar-refractivity contribution in [1.29, 1.82) is 0 Å². The van der Waals surface area contributed by atoms with E-state index in [0.717, 1.165) is 16.5 Å². The van der Waals surface area contributed by atoms with Crippen LogP contribution in [0, 0.1) is 0 Å². The van der Waals surface area contributed by atoms with Gasteiger partial charge in [-0.15, -0.1) is 0 Å². The number of carboxylic acid groups (broad SMARTS) is 1. The van der Waals surface area contributed by atoms with Crippen molar-refractivity contribution in [2.24, 2.45) is 0 Å². The van der Waals surface area contributed by atoms with Crippen LogP contribution in [0.3, 0.4) is 0 Å². The third-order valence-electron chi connectivity index (χ3n) is 3.06. The first-order valence-corrected chi connectivity index (χ1v) is 6.23. The van der Waals surface area contributed by atoms with E-state index in [-0.39, 0.29) is 0 Å². The van der Waals surface area contributed by atoms with Crippen LogP contribution in [0.1, 0.15) is 5.56 Å². The van der Waals surface area contributed by atoms with Gasteiger partial charge in [-0.25, -0.2) is 4.79 Å². The smallest absolute Gasteiger partial charge is 0.410 e. The molecule has 2 N–H and O–H groups in total. The zero-order valence-electron chi connectivity index (χ0n) is 10.7. The molecule has 1 amide bonds. The van der Waals surface area contributed by atoms with E-state index in [2.05, 4.69) is 10.4 Å². The zero-order valence-corrected chi connectivity index (χ0v) is 10.7. The number of nitrogens with zero attached hydrogens (tertiary/aromatic N) is 2. The molecule has 0 saturated carbocycles. The van der Waals surface area contributed by atoms with E-state index < -0.39 is 6.09 Å². The van der Waals surface area contributed by atoms with Crippen LogP contribution in [-0.2, 0) is 6.54 Å². The van der Waals surface area contributed by atoms with Gasteiger partial charge in [0, 0.05) is 5.39 Å². The Bertz CT molecular complexity index is 750. The minimum absolute atomic E-state index is 0.365. The fourth-order valence-corrected chi connectivity index (χ4v) is 2.20. The molecule has 100 valence electrons. The highest BCUT2D eigenvalue weighted by Gasteiger charge is 2.11. The Morgan fingerprint density at radius 3 is 2.55 bits per heavy atom. The molecule has 0 saturated heterocycles. The summed E-state index contributed by atoms with van der Waals surface area (Å²) in [7, 11) is 0. The average Bonchev–Trinajstić information content (AvgIpc) is 2.78. The summed E-state index contributed by atoms with van der Waals surface area (Å²) >= 11 is 0. The number of rotatable bonds is 3. The van der Waals surface area contributed by atoms with Crippen molar-refractivity contribution in [3.05, 3.63) is 60.2 Å². The fraction of sp³-hybridized carbons (Fsp3) is 0.0667. The van der Waals surface area contributed by atoms with Gasteiger partial charge in [0.1, 0.15) is 0 Å². The summed E-state index contributed by atoms with van der Waals surface area (Å²) in [5.74, 6) is 0.365. The Kier molecular flexibility index (Phi) is 3.09. The van der Waals surface area contributed by atoms with E-state index in [1.165, 1.54) is 0 Å². The maximum absolute atomic E-state index is 10.8. The number of amides is 1. The van der Waals surface area contributed by atoms with Crippen molar-refractivity contribution in [1.82, 2.24) is 9.78 Å². The summed E-state index contributed by atoms with van der Waals surface area (Å²) in [5, 5.41) is 16.4. The van der Waals surface area contributed by atoms with Crippen molar-refractivity contribution in [3.63, 3.8) is 0 Å². The number of aromatic nitrogens is 2. The lowest BCUT2D eigenvalue weighted by Gasteiger charge is -2.03. The second kappa shape index (κ2) is 5.05. The Balaban J connectivity index is 2.04. The molecule has 2 aromatic carbocycles. The van der Waals surface area contributed by atoms with Gasteiger partial charge in [0.25, 0.3) is 0 Å². The average molecular weight is 267 g/mol. The number of benzene rings is 2. The molecule has 1 aromatic heterocycles. The van der Waals surface area contributed by atoms with Crippen molar-refractivity contribution in [3.8, 4) is 0 Å². The van der Waals surface area contributed by atoms with Crippen LogP contribution in [0.2, 0.25) is 0 Å². The zero-order chi connectivity index (χ0) is 13.9. The Hall–Kier alpha value is -2.82. The molecule has 0 radical (unpaired) electrons. The molecule has 0 spiro atoms. The van der Waals surface area contributed by atoms with Gasteiger partial charge in [-0.2, -0.15) is 5.10 Å². The Morgan fingerprint density at radius 1 is 1.10 bits per heavy atom. The molecule has 0 aliphatic carbocycles. The van der Waals surface area contributed by atoms with E-state index in [0.29, 0.717) is 12.4 Å².